The van der Waals surface area contributed by atoms with E-state index in [9.17, 15) is 15.3 Å². The third-order valence-electron chi connectivity index (χ3n) is 4.39. The molecule has 0 saturated carbocycles. The van der Waals surface area contributed by atoms with Crippen LogP contribution < -0.4 is 5.32 Å². The molecule has 10 nitrogen and oxygen atoms in total. The SMILES string of the molecule is C[C@H](CO)CCNc1ncnc2c1ncn2[C@@H]1O[C@@H](CO)[C@H](O)[C@@H]1O. The van der Waals surface area contributed by atoms with Crippen LogP contribution in [0.1, 0.15) is 19.6 Å². The first-order valence-electron chi connectivity index (χ1n) is 8.21. The second kappa shape index (κ2) is 7.58. The summed E-state index contributed by atoms with van der Waals surface area (Å²) in [4.78, 5) is 12.7. The summed E-state index contributed by atoms with van der Waals surface area (Å²) >= 11 is 0. The van der Waals surface area contributed by atoms with Crippen LogP contribution in [-0.4, -0.2) is 78.0 Å². The molecule has 1 saturated heterocycles. The average molecular weight is 353 g/mol. The molecule has 0 amide bonds. The number of aliphatic hydroxyl groups is 4. The van der Waals surface area contributed by atoms with E-state index in [0.29, 0.717) is 23.5 Å². The van der Waals surface area contributed by atoms with E-state index in [4.69, 9.17) is 9.84 Å². The van der Waals surface area contributed by atoms with E-state index in [1.165, 1.54) is 17.2 Å². The monoisotopic (exact) mass is 353 g/mol. The van der Waals surface area contributed by atoms with Crippen LogP contribution in [0.3, 0.4) is 0 Å². The Bertz CT molecular complexity index is 711. The molecule has 1 aliphatic heterocycles. The number of hydrogen-bond donors (Lipinski definition) is 5. The van der Waals surface area contributed by atoms with Gasteiger partial charge in [-0.2, -0.15) is 0 Å². The molecule has 0 spiro atoms. The van der Waals surface area contributed by atoms with Crippen LogP contribution in [-0.2, 0) is 4.74 Å². The Hall–Kier alpha value is -1.85. The predicted molar refractivity (Wildman–Crippen MR) is 87.7 cm³/mol. The average Bonchev–Trinajstić information content (AvgIpc) is 3.17. The van der Waals surface area contributed by atoms with Gasteiger partial charge in [-0.15, -0.1) is 0 Å². The van der Waals surface area contributed by atoms with Gasteiger partial charge >= 0.3 is 0 Å². The van der Waals surface area contributed by atoms with Crippen LogP contribution in [0.5, 0.6) is 0 Å². The number of aromatic nitrogens is 4. The minimum absolute atomic E-state index is 0.126. The highest BCUT2D eigenvalue weighted by molar-refractivity contribution is 5.82. The van der Waals surface area contributed by atoms with Gasteiger partial charge in [0.1, 0.15) is 24.6 Å². The molecule has 138 valence electrons. The molecular weight excluding hydrogens is 330 g/mol. The summed E-state index contributed by atoms with van der Waals surface area (Å²) in [5.74, 6) is 0.724. The zero-order chi connectivity index (χ0) is 18.0. The Labute approximate surface area is 144 Å². The quantitative estimate of drug-likeness (QED) is 0.417. The van der Waals surface area contributed by atoms with E-state index >= 15 is 0 Å². The van der Waals surface area contributed by atoms with E-state index in [-0.39, 0.29) is 12.5 Å². The number of nitrogens with zero attached hydrogens (tertiary/aromatic N) is 4. The smallest absolute Gasteiger partial charge is 0.167 e. The van der Waals surface area contributed by atoms with Crippen molar-refractivity contribution in [2.45, 2.75) is 37.9 Å². The van der Waals surface area contributed by atoms with Crippen LogP contribution in [0.25, 0.3) is 11.2 Å². The van der Waals surface area contributed by atoms with Crippen molar-refractivity contribution < 1.29 is 25.2 Å². The van der Waals surface area contributed by atoms with Gasteiger partial charge < -0.3 is 30.5 Å². The molecule has 3 rings (SSSR count). The van der Waals surface area contributed by atoms with Crippen molar-refractivity contribution in [2.24, 2.45) is 5.92 Å². The molecule has 2 aromatic rings. The van der Waals surface area contributed by atoms with E-state index in [1.54, 1.807) is 0 Å². The molecule has 0 unspecified atom stereocenters. The molecule has 3 heterocycles. The topological polar surface area (TPSA) is 146 Å². The largest absolute Gasteiger partial charge is 0.396 e. The van der Waals surface area contributed by atoms with Gasteiger partial charge in [0.25, 0.3) is 0 Å². The molecule has 5 N–H and O–H groups in total. The Morgan fingerprint density at radius 1 is 1.24 bits per heavy atom. The number of anilines is 1. The number of hydrogen-bond acceptors (Lipinski definition) is 9. The maximum atomic E-state index is 10.2. The van der Waals surface area contributed by atoms with E-state index in [2.05, 4.69) is 20.3 Å². The molecule has 5 atom stereocenters. The first kappa shape index (κ1) is 18.0. The zero-order valence-corrected chi connectivity index (χ0v) is 13.9. The summed E-state index contributed by atoms with van der Waals surface area (Å²) in [6, 6.07) is 0. The second-order valence-corrected chi connectivity index (χ2v) is 6.28. The molecule has 25 heavy (non-hydrogen) atoms. The zero-order valence-electron chi connectivity index (χ0n) is 13.9. The number of imidazole rings is 1. The lowest BCUT2D eigenvalue weighted by atomic mass is 10.1. The van der Waals surface area contributed by atoms with E-state index < -0.39 is 31.1 Å². The fraction of sp³-hybridized carbons (Fsp3) is 0.667. The number of ether oxygens (including phenoxy) is 1. The number of nitrogens with one attached hydrogen (secondary N) is 1. The Kier molecular flexibility index (Phi) is 5.45. The van der Waals surface area contributed by atoms with Gasteiger partial charge in [0.2, 0.25) is 0 Å². The van der Waals surface area contributed by atoms with Gasteiger partial charge in [-0.3, -0.25) is 4.57 Å². The summed E-state index contributed by atoms with van der Waals surface area (Å²) in [6.45, 7) is 2.30. The van der Waals surface area contributed by atoms with Gasteiger partial charge in [0.15, 0.2) is 23.2 Å². The maximum Gasteiger partial charge on any atom is 0.167 e. The first-order valence-corrected chi connectivity index (χ1v) is 8.21. The normalized spacial score (nSPS) is 27.7. The van der Waals surface area contributed by atoms with Crippen LogP contribution >= 0.6 is 0 Å². The molecule has 10 heteroatoms. The van der Waals surface area contributed by atoms with Gasteiger partial charge in [0.05, 0.1) is 12.9 Å². The maximum absolute atomic E-state index is 10.2. The van der Waals surface area contributed by atoms with Gasteiger partial charge in [0, 0.05) is 13.2 Å². The standard InChI is InChI=1S/C15H23N5O5/c1-8(4-21)2-3-16-13-10-14(18-6-17-13)20(7-19-10)15-12(24)11(23)9(5-22)25-15/h6-9,11-12,15,21-24H,2-5H2,1H3,(H,16,17,18)/t8-,9-,11-,12-,15+/m0/s1. The molecule has 1 fully saturated rings. The molecule has 2 aromatic heterocycles. The lowest BCUT2D eigenvalue weighted by Gasteiger charge is -2.16. The summed E-state index contributed by atoms with van der Waals surface area (Å²) in [5.41, 5.74) is 0.958. The van der Waals surface area contributed by atoms with Crippen molar-refractivity contribution in [3.05, 3.63) is 12.7 Å². The summed E-state index contributed by atoms with van der Waals surface area (Å²) in [5, 5.41) is 41.5. The molecule has 0 radical (unpaired) electrons. The molecule has 1 aliphatic rings. The summed E-state index contributed by atoms with van der Waals surface area (Å²) < 4.78 is 7.03. The molecule has 0 bridgehead atoms. The van der Waals surface area contributed by atoms with Crippen molar-refractivity contribution in [2.75, 3.05) is 25.1 Å². The van der Waals surface area contributed by atoms with Gasteiger partial charge in [-0.05, 0) is 12.3 Å². The minimum Gasteiger partial charge on any atom is -0.396 e. The Balaban J connectivity index is 1.81. The fourth-order valence-corrected chi connectivity index (χ4v) is 2.81. The van der Waals surface area contributed by atoms with Crippen molar-refractivity contribution in [3.8, 4) is 0 Å². The highest BCUT2D eigenvalue weighted by atomic mass is 16.6. The molecule has 0 aliphatic carbocycles. The van der Waals surface area contributed by atoms with Crippen LogP contribution in [0.2, 0.25) is 0 Å². The summed E-state index contributed by atoms with van der Waals surface area (Å²) in [7, 11) is 0. The van der Waals surface area contributed by atoms with E-state index in [0.717, 1.165) is 6.42 Å². The number of aliphatic hydroxyl groups excluding tert-OH is 4. The fourth-order valence-electron chi connectivity index (χ4n) is 2.81. The Morgan fingerprint density at radius 2 is 2.04 bits per heavy atom. The number of fused-ring (bicyclic) bond motifs is 1. The van der Waals surface area contributed by atoms with E-state index in [1.807, 2.05) is 6.92 Å². The third-order valence-corrected chi connectivity index (χ3v) is 4.39. The third kappa shape index (κ3) is 3.44. The number of rotatable bonds is 7. The lowest BCUT2D eigenvalue weighted by Crippen LogP contribution is -2.33. The van der Waals surface area contributed by atoms with Crippen molar-refractivity contribution in [1.29, 1.82) is 0 Å². The van der Waals surface area contributed by atoms with Crippen LogP contribution in [0, 0.1) is 5.92 Å². The van der Waals surface area contributed by atoms with Crippen molar-refractivity contribution in [3.63, 3.8) is 0 Å². The predicted octanol–water partition coefficient (Wildman–Crippen LogP) is -1.13. The summed E-state index contributed by atoms with van der Waals surface area (Å²) in [6.07, 6.45) is -0.539. The van der Waals surface area contributed by atoms with Crippen molar-refractivity contribution in [1.82, 2.24) is 19.5 Å². The molecular formula is C15H23N5O5. The highest BCUT2D eigenvalue weighted by Gasteiger charge is 2.44. The highest BCUT2D eigenvalue weighted by Crippen LogP contribution is 2.32. The Morgan fingerprint density at radius 3 is 2.72 bits per heavy atom. The first-order chi connectivity index (χ1) is 12.1. The van der Waals surface area contributed by atoms with Crippen LogP contribution in [0.15, 0.2) is 12.7 Å². The van der Waals surface area contributed by atoms with Gasteiger partial charge in [-0.25, -0.2) is 15.0 Å². The van der Waals surface area contributed by atoms with Crippen molar-refractivity contribution >= 4 is 17.0 Å². The second-order valence-electron chi connectivity index (χ2n) is 6.28. The van der Waals surface area contributed by atoms with Crippen LogP contribution in [0.4, 0.5) is 5.82 Å². The molecule has 0 aromatic carbocycles. The minimum atomic E-state index is -1.20. The van der Waals surface area contributed by atoms with Gasteiger partial charge in [-0.1, -0.05) is 6.92 Å². The lowest BCUT2D eigenvalue weighted by molar-refractivity contribution is -0.0511.